The molecule has 0 saturated carbocycles. The third-order valence-corrected chi connectivity index (χ3v) is 9.09. The quantitative estimate of drug-likeness (QED) is 0.324. The van der Waals surface area contributed by atoms with E-state index in [-0.39, 0.29) is 11.7 Å². The number of fused-ring (bicyclic) bond motifs is 4. The monoisotopic (exact) mass is 570 g/mol. The zero-order chi connectivity index (χ0) is 28.6. The van der Waals surface area contributed by atoms with Gasteiger partial charge in [-0.05, 0) is 36.8 Å². The number of carbonyl (C=O) groups is 1. The van der Waals surface area contributed by atoms with E-state index >= 15 is 0 Å². The number of ether oxygens (including phenoxy) is 2. The van der Waals surface area contributed by atoms with Crippen LogP contribution in [-0.2, 0) is 22.5 Å². The summed E-state index contributed by atoms with van der Waals surface area (Å²) >= 11 is 0. The van der Waals surface area contributed by atoms with Crippen LogP contribution in [0, 0.1) is 0 Å². The SMILES string of the molecule is C=CC(=O)N1CCN(c2nc(OCCCN3C[C@H]4C[C@@H]3CO4)nc3c2CCN(c2cc(O)cc4ccccc24)C3)CC1. The molecule has 1 aromatic heterocycles. The Hall–Kier alpha value is -3.89. The highest BCUT2D eigenvalue weighted by Gasteiger charge is 2.38. The van der Waals surface area contributed by atoms with Gasteiger partial charge < -0.3 is 29.3 Å². The summed E-state index contributed by atoms with van der Waals surface area (Å²) in [6, 6.07) is 12.8. The maximum Gasteiger partial charge on any atom is 0.318 e. The fourth-order valence-corrected chi connectivity index (χ4v) is 6.91. The van der Waals surface area contributed by atoms with E-state index in [1.165, 1.54) is 6.08 Å². The molecule has 3 aromatic rings. The van der Waals surface area contributed by atoms with E-state index in [9.17, 15) is 9.90 Å². The molecule has 0 aliphatic carbocycles. The highest BCUT2D eigenvalue weighted by Crippen LogP contribution is 2.36. The Kier molecular flexibility index (Phi) is 7.33. The molecule has 0 radical (unpaired) electrons. The van der Waals surface area contributed by atoms with Crippen LogP contribution in [0.5, 0.6) is 11.8 Å². The van der Waals surface area contributed by atoms with Crippen molar-refractivity contribution in [3.05, 3.63) is 60.3 Å². The van der Waals surface area contributed by atoms with E-state index in [1.54, 1.807) is 6.07 Å². The zero-order valence-electron chi connectivity index (χ0n) is 24.0. The van der Waals surface area contributed by atoms with E-state index in [0.717, 1.165) is 79.0 Å². The highest BCUT2D eigenvalue weighted by atomic mass is 16.5. The number of likely N-dealkylation sites (tertiary alicyclic amines) is 1. The van der Waals surface area contributed by atoms with Gasteiger partial charge in [0.2, 0.25) is 5.91 Å². The van der Waals surface area contributed by atoms with Crippen molar-refractivity contribution in [2.45, 2.75) is 38.0 Å². The molecule has 3 fully saturated rings. The third-order valence-electron chi connectivity index (χ3n) is 9.09. The summed E-state index contributed by atoms with van der Waals surface area (Å²) in [6.45, 7) is 11.1. The molecular weight excluding hydrogens is 532 g/mol. The van der Waals surface area contributed by atoms with Crippen LogP contribution in [0.1, 0.15) is 24.1 Å². The summed E-state index contributed by atoms with van der Waals surface area (Å²) in [5.41, 5.74) is 3.09. The topological polar surface area (TPSA) is 94.5 Å². The molecular formula is C32H38N6O4. The number of anilines is 2. The minimum atomic E-state index is -0.0323. The maximum atomic E-state index is 12.2. The molecule has 220 valence electrons. The van der Waals surface area contributed by atoms with Gasteiger partial charge in [-0.1, -0.05) is 30.8 Å². The molecule has 1 N–H and O–H groups in total. The number of hydrogen-bond acceptors (Lipinski definition) is 9. The first-order chi connectivity index (χ1) is 20.6. The van der Waals surface area contributed by atoms with E-state index in [0.29, 0.717) is 57.5 Å². The number of morpholine rings is 1. The number of rotatable bonds is 8. The number of aromatic nitrogens is 2. The standard InChI is InChI=1S/C32H38N6O4/c1-2-30(40)35-11-13-36(14-12-35)31-27-8-10-38(29-18-24(39)16-22-6-3-4-7-26(22)29)20-28(27)33-32(34-31)41-15-5-9-37-19-25-17-23(37)21-42-25/h2-4,6-7,16,18,23,25,39H,1,5,8-15,17,19-21H2/t23-,25-/m1/s1. The van der Waals surface area contributed by atoms with Crippen molar-refractivity contribution in [1.29, 1.82) is 0 Å². The molecule has 2 aromatic carbocycles. The molecule has 0 spiro atoms. The fourth-order valence-electron chi connectivity index (χ4n) is 6.91. The van der Waals surface area contributed by atoms with Crippen LogP contribution < -0.4 is 14.5 Å². The smallest absolute Gasteiger partial charge is 0.318 e. The lowest BCUT2D eigenvalue weighted by molar-refractivity contribution is -0.126. The summed E-state index contributed by atoms with van der Waals surface area (Å²) in [5.74, 6) is 1.14. The summed E-state index contributed by atoms with van der Waals surface area (Å²) < 4.78 is 11.9. The molecule has 3 saturated heterocycles. The highest BCUT2D eigenvalue weighted by molar-refractivity contribution is 5.95. The van der Waals surface area contributed by atoms with Gasteiger partial charge in [0, 0.05) is 74.6 Å². The Labute approximate surface area is 246 Å². The van der Waals surface area contributed by atoms with Crippen molar-refractivity contribution in [2.24, 2.45) is 0 Å². The van der Waals surface area contributed by atoms with E-state index in [2.05, 4.69) is 27.3 Å². The van der Waals surface area contributed by atoms with Crippen LogP contribution in [0.3, 0.4) is 0 Å². The number of phenolic OH excluding ortho intramolecular Hbond substituents is 1. The number of carbonyl (C=O) groups excluding carboxylic acids is 1. The molecule has 2 atom stereocenters. The Morgan fingerprint density at radius 2 is 1.98 bits per heavy atom. The summed E-state index contributed by atoms with van der Waals surface area (Å²) in [5, 5.41) is 12.6. The Morgan fingerprint density at radius 1 is 1.12 bits per heavy atom. The first-order valence-electron chi connectivity index (χ1n) is 15.1. The largest absolute Gasteiger partial charge is 0.508 e. The number of aromatic hydroxyl groups is 1. The number of benzene rings is 2. The molecule has 10 heteroatoms. The van der Waals surface area contributed by atoms with Crippen molar-refractivity contribution in [2.75, 3.05) is 68.8 Å². The van der Waals surface area contributed by atoms with Crippen molar-refractivity contribution in [3.63, 3.8) is 0 Å². The van der Waals surface area contributed by atoms with E-state index < -0.39 is 0 Å². The minimum Gasteiger partial charge on any atom is -0.508 e. The van der Waals surface area contributed by atoms with Crippen LogP contribution >= 0.6 is 0 Å². The lowest BCUT2D eigenvalue weighted by atomic mass is 10.0. The summed E-state index contributed by atoms with van der Waals surface area (Å²) in [7, 11) is 0. The number of amides is 1. The van der Waals surface area contributed by atoms with Crippen LogP contribution in [0.2, 0.25) is 0 Å². The first-order valence-corrected chi connectivity index (χ1v) is 15.1. The van der Waals surface area contributed by atoms with Crippen molar-refractivity contribution < 1.29 is 19.4 Å². The first kappa shape index (κ1) is 27.0. The molecule has 0 unspecified atom stereocenters. The minimum absolute atomic E-state index is 0.0323. The van der Waals surface area contributed by atoms with Gasteiger partial charge in [0.1, 0.15) is 11.6 Å². The van der Waals surface area contributed by atoms with Crippen molar-refractivity contribution in [1.82, 2.24) is 19.8 Å². The van der Waals surface area contributed by atoms with Crippen LogP contribution in [0.15, 0.2) is 49.1 Å². The molecule has 4 aliphatic rings. The second kappa shape index (κ2) is 11.4. The molecule has 10 nitrogen and oxygen atoms in total. The third kappa shape index (κ3) is 5.25. The van der Waals surface area contributed by atoms with Gasteiger partial charge >= 0.3 is 6.01 Å². The second-order valence-electron chi connectivity index (χ2n) is 11.7. The van der Waals surface area contributed by atoms with Crippen LogP contribution in [-0.4, -0.2) is 102 Å². The molecule has 2 bridgehead atoms. The number of piperazine rings is 1. The summed E-state index contributed by atoms with van der Waals surface area (Å²) in [4.78, 5) is 31.0. The predicted octanol–water partition coefficient (Wildman–Crippen LogP) is 2.97. The molecule has 5 heterocycles. The van der Waals surface area contributed by atoms with E-state index in [4.69, 9.17) is 19.4 Å². The zero-order valence-corrected chi connectivity index (χ0v) is 24.0. The number of hydrogen-bond donors (Lipinski definition) is 1. The number of phenols is 1. The normalized spacial score (nSPS) is 22.0. The van der Waals surface area contributed by atoms with Gasteiger partial charge in [0.15, 0.2) is 0 Å². The Bertz CT molecular complexity index is 1490. The van der Waals surface area contributed by atoms with Gasteiger partial charge in [-0.25, -0.2) is 0 Å². The van der Waals surface area contributed by atoms with Gasteiger partial charge in [0.05, 0.1) is 31.6 Å². The van der Waals surface area contributed by atoms with Gasteiger partial charge in [-0.2, -0.15) is 9.97 Å². The molecule has 42 heavy (non-hydrogen) atoms. The number of nitrogens with zero attached hydrogens (tertiary/aromatic N) is 6. The average molecular weight is 571 g/mol. The molecule has 1 amide bonds. The fraction of sp³-hybridized carbons (Fsp3) is 0.469. The van der Waals surface area contributed by atoms with Gasteiger partial charge in [-0.15, -0.1) is 0 Å². The van der Waals surface area contributed by atoms with E-state index in [1.807, 2.05) is 29.2 Å². The average Bonchev–Trinajstić information content (AvgIpc) is 3.65. The maximum absolute atomic E-state index is 12.2. The van der Waals surface area contributed by atoms with Crippen LogP contribution in [0.4, 0.5) is 11.5 Å². The molecule has 4 aliphatic heterocycles. The van der Waals surface area contributed by atoms with Crippen molar-refractivity contribution >= 4 is 28.2 Å². The van der Waals surface area contributed by atoms with Gasteiger partial charge in [-0.3, -0.25) is 9.69 Å². The lowest BCUT2D eigenvalue weighted by Crippen LogP contribution is -2.49. The van der Waals surface area contributed by atoms with Crippen LogP contribution in [0.25, 0.3) is 10.8 Å². The second-order valence-corrected chi connectivity index (χ2v) is 11.7. The van der Waals surface area contributed by atoms with Crippen molar-refractivity contribution in [3.8, 4) is 11.8 Å². The lowest BCUT2D eigenvalue weighted by Gasteiger charge is -2.38. The Morgan fingerprint density at radius 3 is 2.76 bits per heavy atom. The summed E-state index contributed by atoms with van der Waals surface area (Å²) in [6.07, 6.45) is 4.61. The molecule has 7 rings (SSSR count). The predicted molar refractivity (Wildman–Crippen MR) is 161 cm³/mol. The van der Waals surface area contributed by atoms with Gasteiger partial charge in [0.25, 0.3) is 0 Å². The Balaban J connectivity index is 1.12.